The molecule has 4 rings (SSSR count). The number of alkyl halides is 3. The summed E-state index contributed by atoms with van der Waals surface area (Å²) in [6.45, 7) is -0.568. The number of benzene rings is 2. The SMILES string of the molecule is O=C(Cn1cnc2c(nnn2-c2cccc(F)c2)c1=O)Nc1cc(C(F)(F)F)ccc1Cl. The van der Waals surface area contributed by atoms with Crippen LogP contribution in [0.15, 0.2) is 53.6 Å². The Morgan fingerprint density at radius 2 is 1.94 bits per heavy atom. The number of anilines is 1. The van der Waals surface area contributed by atoms with Gasteiger partial charge in [0.25, 0.3) is 5.56 Å². The van der Waals surface area contributed by atoms with Crippen LogP contribution in [0.2, 0.25) is 5.02 Å². The molecule has 0 radical (unpaired) electrons. The van der Waals surface area contributed by atoms with Gasteiger partial charge in [-0.1, -0.05) is 22.9 Å². The molecule has 1 amide bonds. The van der Waals surface area contributed by atoms with Crippen LogP contribution in [0.1, 0.15) is 5.56 Å². The minimum atomic E-state index is -4.62. The van der Waals surface area contributed by atoms with Crippen molar-refractivity contribution in [1.82, 2.24) is 24.5 Å². The second-order valence-electron chi connectivity index (χ2n) is 6.57. The van der Waals surface area contributed by atoms with Gasteiger partial charge < -0.3 is 5.32 Å². The summed E-state index contributed by atoms with van der Waals surface area (Å²) in [5.74, 6) is -1.34. The molecule has 0 aliphatic heterocycles. The second-order valence-corrected chi connectivity index (χ2v) is 6.98. The van der Waals surface area contributed by atoms with Gasteiger partial charge in [-0.05, 0) is 36.4 Å². The Hall–Kier alpha value is -3.80. The topological polar surface area (TPSA) is 94.7 Å². The van der Waals surface area contributed by atoms with Gasteiger partial charge >= 0.3 is 6.18 Å². The third-order valence-electron chi connectivity index (χ3n) is 4.36. The summed E-state index contributed by atoms with van der Waals surface area (Å²) < 4.78 is 54.2. The first-order valence-corrected chi connectivity index (χ1v) is 9.24. The van der Waals surface area contributed by atoms with Crippen molar-refractivity contribution in [2.24, 2.45) is 0 Å². The van der Waals surface area contributed by atoms with Crippen LogP contribution in [0.25, 0.3) is 16.9 Å². The van der Waals surface area contributed by atoms with Crippen molar-refractivity contribution in [1.29, 1.82) is 0 Å². The average molecular weight is 467 g/mol. The van der Waals surface area contributed by atoms with Crippen LogP contribution in [-0.4, -0.2) is 30.5 Å². The number of rotatable bonds is 4. The molecule has 0 spiro atoms. The van der Waals surface area contributed by atoms with E-state index in [1.807, 2.05) is 0 Å². The Labute approximate surface area is 181 Å². The first kappa shape index (κ1) is 21.4. The van der Waals surface area contributed by atoms with Crippen LogP contribution in [0, 0.1) is 5.82 Å². The highest BCUT2D eigenvalue weighted by atomic mass is 35.5. The monoisotopic (exact) mass is 466 g/mol. The van der Waals surface area contributed by atoms with E-state index in [0.29, 0.717) is 6.07 Å². The maximum Gasteiger partial charge on any atom is 0.416 e. The standard InChI is InChI=1S/C19H11ClF4N6O2/c20-13-5-4-10(19(22,23)24)6-14(13)26-15(31)8-29-9-25-17-16(18(29)32)27-28-30(17)12-3-1-2-11(21)7-12/h1-7,9H,8H2,(H,26,31). The summed E-state index contributed by atoms with van der Waals surface area (Å²) in [6, 6.07) is 7.87. The second kappa shape index (κ2) is 8.04. The molecule has 8 nitrogen and oxygen atoms in total. The van der Waals surface area contributed by atoms with E-state index in [1.54, 1.807) is 0 Å². The number of fused-ring (bicyclic) bond motifs is 1. The highest BCUT2D eigenvalue weighted by Gasteiger charge is 2.31. The fourth-order valence-electron chi connectivity index (χ4n) is 2.88. The Morgan fingerprint density at radius 3 is 2.66 bits per heavy atom. The van der Waals surface area contributed by atoms with Crippen LogP contribution in [-0.2, 0) is 17.5 Å². The Balaban J connectivity index is 1.60. The van der Waals surface area contributed by atoms with E-state index in [-0.39, 0.29) is 27.6 Å². The molecular formula is C19H11ClF4N6O2. The minimum Gasteiger partial charge on any atom is -0.323 e. The van der Waals surface area contributed by atoms with Gasteiger partial charge in [-0.15, -0.1) is 5.10 Å². The summed E-state index contributed by atoms with van der Waals surface area (Å²) in [4.78, 5) is 29.0. The van der Waals surface area contributed by atoms with Crippen LogP contribution >= 0.6 is 11.6 Å². The molecule has 0 aliphatic rings. The molecule has 0 saturated carbocycles. The van der Waals surface area contributed by atoms with Crippen molar-refractivity contribution in [3.8, 4) is 5.69 Å². The van der Waals surface area contributed by atoms with E-state index >= 15 is 0 Å². The zero-order valence-corrected chi connectivity index (χ0v) is 16.5. The smallest absolute Gasteiger partial charge is 0.323 e. The van der Waals surface area contributed by atoms with E-state index in [9.17, 15) is 27.2 Å². The minimum absolute atomic E-state index is 0.0400. The van der Waals surface area contributed by atoms with Crippen molar-refractivity contribution in [3.63, 3.8) is 0 Å². The lowest BCUT2D eigenvalue weighted by Crippen LogP contribution is -2.28. The molecular weight excluding hydrogens is 456 g/mol. The highest BCUT2D eigenvalue weighted by Crippen LogP contribution is 2.33. The Bertz CT molecular complexity index is 1400. The fourth-order valence-corrected chi connectivity index (χ4v) is 3.04. The fraction of sp³-hybridized carbons (Fsp3) is 0.105. The molecule has 2 aromatic heterocycles. The normalized spacial score (nSPS) is 11.7. The maximum absolute atomic E-state index is 13.5. The number of aromatic nitrogens is 5. The van der Waals surface area contributed by atoms with Gasteiger partial charge in [0.1, 0.15) is 18.7 Å². The highest BCUT2D eigenvalue weighted by molar-refractivity contribution is 6.33. The summed E-state index contributed by atoms with van der Waals surface area (Å²) in [5, 5.41) is 9.68. The molecule has 2 heterocycles. The van der Waals surface area contributed by atoms with Gasteiger partial charge in [-0.3, -0.25) is 14.2 Å². The molecule has 0 fully saturated rings. The number of halogens is 5. The van der Waals surface area contributed by atoms with Crippen LogP contribution in [0.5, 0.6) is 0 Å². The third-order valence-corrected chi connectivity index (χ3v) is 4.69. The van der Waals surface area contributed by atoms with Crippen molar-refractivity contribution in [2.75, 3.05) is 5.32 Å². The van der Waals surface area contributed by atoms with Crippen LogP contribution < -0.4 is 10.9 Å². The van der Waals surface area contributed by atoms with Gasteiger partial charge in [0.15, 0.2) is 11.2 Å². The van der Waals surface area contributed by atoms with Crippen LogP contribution in [0.3, 0.4) is 0 Å². The maximum atomic E-state index is 13.5. The molecule has 0 unspecified atom stereocenters. The lowest BCUT2D eigenvalue weighted by molar-refractivity contribution is -0.137. The van der Waals surface area contributed by atoms with Crippen molar-refractivity contribution < 1.29 is 22.4 Å². The van der Waals surface area contributed by atoms with E-state index in [0.717, 1.165) is 27.7 Å². The molecule has 13 heteroatoms. The van der Waals surface area contributed by atoms with E-state index in [1.165, 1.54) is 24.3 Å². The van der Waals surface area contributed by atoms with Gasteiger partial charge in [0, 0.05) is 0 Å². The van der Waals surface area contributed by atoms with E-state index < -0.39 is 35.6 Å². The molecule has 164 valence electrons. The Morgan fingerprint density at radius 1 is 1.16 bits per heavy atom. The van der Waals surface area contributed by atoms with Crippen LogP contribution in [0.4, 0.5) is 23.2 Å². The molecule has 0 saturated heterocycles. The van der Waals surface area contributed by atoms with Crippen molar-refractivity contribution in [3.05, 3.63) is 75.5 Å². The number of amides is 1. The predicted octanol–water partition coefficient (Wildman–Crippen LogP) is 3.43. The molecule has 4 aromatic rings. The number of carbonyl (C=O) groups is 1. The molecule has 1 N–H and O–H groups in total. The van der Waals surface area contributed by atoms with E-state index in [2.05, 4.69) is 20.6 Å². The summed E-state index contributed by atoms with van der Waals surface area (Å²) in [6.07, 6.45) is -3.57. The lowest BCUT2D eigenvalue weighted by Gasteiger charge is -2.12. The number of hydrogen-bond acceptors (Lipinski definition) is 5. The molecule has 0 aliphatic carbocycles. The van der Waals surface area contributed by atoms with E-state index in [4.69, 9.17) is 11.6 Å². The van der Waals surface area contributed by atoms with Gasteiger partial charge in [0.05, 0.1) is 22.0 Å². The van der Waals surface area contributed by atoms with Gasteiger partial charge in [0.2, 0.25) is 5.91 Å². The molecule has 0 bridgehead atoms. The molecule has 32 heavy (non-hydrogen) atoms. The summed E-state index contributed by atoms with van der Waals surface area (Å²) in [7, 11) is 0. The summed E-state index contributed by atoms with van der Waals surface area (Å²) >= 11 is 5.86. The third kappa shape index (κ3) is 4.17. The zero-order valence-electron chi connectivity index (χ0n) is 15.8. The molecule has 0 atom stereocenters. The Kier molecular flexibility index (Phi) is 5.38. The first-order valence-electron chi connectivity index (χ1n) is 8.87. The van der Waals surface area contributed by atoms with Gasteiger partial charge in [-0.25, -0.2) is 9.37 Å². The quantitative estimate of drug-likeness (QED) is 0.465. The number of carbonyl (C=O) groups excluding carboxylic acids is 1. The number of hydrogen-bond donors (Lipinski definition) is 1. The number of nitrogens with zero attached hydrogens (tertiary/aromatic N) is 5. The number of nitrogens with one attached hydrogen (secondary N) is 1. The molecule has 2 aromatic carbocycles. The first-order chi connectivity index (χ1) is 15.1. The van der Waals surface area contributed by atoms with Crippen molar-refractivity contribution in [2.45, 2.75) is 12.7 Å². The van der Waals surface area contributed by atoms with Crippen molar-refractivity contribution >= 4 is 34.4 Å². The average Bonchev–Trinajstić information content (AvgIpc) is 3.16. The zero-order chi connectivity index (χ0) is 23.0. The summed E-state index contributed by atoms with van der Waals surface area (Å²) in [5.41, 5.74) is -1.83. The largest absolute Gasteiger partial charge is 0.416 e. The van der Waals surface area contributed by atoms with Gasteiger partial charge in [-0.2, -0.15) is 17.9 Å². The lowest BCUT2D eigenvalue weighted by atomic mass is 10.2. The predicted molar refractivity (Wildman–Crippen MR) is 106 cm³/mol.